The molecule has 258 valence electrons. The lowest BCUT2D eigenvalue weighted by molar-refractivity contribution is 1.59. The van der Waals surface area contributed by atoms with Crippen molar-refractivity contribution in [3.63, 3.8) is 0 Å². The maximum Gasteiger partial charge on any atom is 0.193 e. The molecule has 0 fully saturated rings. The highest BCUT2D eigenvalue weighted by molar-refractivity contribution is 6.74. The fourth-order valence-electron chi connectivity index (χ4n) is 10.0. The van der Waals surface area contributed by atoms with Crippen LogP contribution in [0.25, 0.3) is 88.0 Å². The first kappa shape index (κ1) is 35.7. The summed E-state index contributed by atoms with van der Waals surface area (Å²) < 4.78 is 0. The summed E-state index contributed by atoms with van der Waals surface area (Å²) in [5.41, 5.74) is 26.9. The van der Waals surface area contributed by atoms with Gasteiger partial charge < -0.3 is 0 Å². The monoisotopic (exact) mass is 714 g/mol. The molecule has 0 aromatic heterocycles. The van der Waals surface area contributed by atoms with E-state index in [4.69, 9.17) is 0 Å². The number of hydrogen-bond acceptors (Lipinski definition) is 0. The number of hydrogen-bond donors (Lipinski definition) is 0. The van der Waals surface area contributed by atoms with Crippen LogP contribution in [-0.2, 0) is 0 Å². The summed E-state index contributed by atoms with van der Waals surface area (Å²) in [5, 5.41) is 8.17. The summed E-state index contributed by atoms with van der Waals surface area (Å²) in [5.74, 6) is 0. The van der Waals surface area contributed by atoms with Crippen molar-refractivity contribution in [1.29, 1.82) is 0 Å². The van der Waals surface area contributed by atoms with E-state index in [1.165, 1.54) is 143 Å². The first-order valence-electron chi connectivity index (χ1n) is 20.5. The Morgan fingerprint density at radius 3 is 1.14 bits per heavy atom. The lowest BCUT2D eigenvalue weighted by atomic mass is 9.59. The van der Waals surface area contributed by atoms with Crippen LogP contribution in [0, 0.1) is 0 Å². The number of fused-ring (bicyclic) bond motifs is 6. The van der Waals surface area contributed by atoms with Gasteiger partial charge in [0.2, 0.25) is 0 Å². The molecule has 0 nitrogen and oxygen atoms in total. The molecule has 1 heterocycles. The molecular weight excluding hydrogens is 674 g/mol. The van der Waals surface area contributed by atoms with Crippen LogP contribution in [0.3, 0.4) is 0 Å². The predicted molar refractivity (Wildman–Crippen MR) is 278 cm³/mol. The van der Waals surface area contributed by atoms with Gasteiger partial charge in [0.1, 0.15) is 62.8 Å². The molecular formula is C48H39B9. The van der Waals surface area contributed by atoms with E-state index in [0.717, 1.165) is 7.28 Å². The molecule has 0 saturated heterocycles. The Morgan fingerprint density at radius 2 is 0.649 bits per heavy atom. The first-order chi connectivity index (χ1) is 27.6. The topological polar surface area (TPSA) is 0 Å². The predicted octanol–water partition coefficient (Wildman–Crippen LogP) is -2.75. The van der Waals surface area contributed by atoms with Crippen LogP contribution in [0.15, 0.2) is 133 Å². The Labute approximate surface area is 344 Å². The molecule has 9 aromatic carbocycles. The Kier molecular flexibility index (Phi) is 8.45. The van der Waals surface area contributed by atoms with Crippen LogP contribution < -0.4 is 54.6 Å². The average Bonchev–Trinajstić information content (AvgIpc) is 3.61. The fourth-order valence-corrected chi connectivity index (χ4v) is 10.0. The Hall–Kier alpha value is -5.66. The van der Waals surface area contributed by atoms with Gasteiger partial charge in [0, 0.05) is 0 Å². The molecule has 0 aliphatic carbocycles. The van der Waals surface area contributed by atoms with Gasteiger partial charge in [-0.05, 0) is 100 Å². The van der Waals surface area contributed by atoms with Crippen molar-refractivity contribution in [3.05, 3.63) is 133 Å². The van der Waals surface area contributed by atoms with Gasteiger partial charge in [0.25, 0.3) is 0 Å². The molecule has 9 heteroatoms. The zero-order valence-corrected chi connectivity index (χ0v) is 34.4. The van der Waals surface area contributed by atoms with E-state index in [0.29, 0.717) is 0 Å². The summed E-state index contributed by atoms with van der Waals surface area (Å²) in [4.78, 5) is 0. The number of rotatable bonds is 4. The highest BCUT2D eigenvalue weighted by Crippen LogP contribution is 2.41. The highest BCUT2D eigenvalue weighted by Gasteiger charge is 2.25. The summed E-state index contributed by atoms with van der Waals surface area (Å²) in [6.45, 7) is 0. The second-order valence-corrected chi connectivity index (χ2v) is 16.7. The minimum atomic E-state index is 1.00. The first-order valence-corrected chi connectivity index (χ1v) is 20.5. The van der Waals surface area contributed by atoms with Gasteiger partial charge in [0.05, 0.1) is 0 Å². The van der Waals surface area contributed by atoms with Gasteiger partial charge in [0.15, 0.2) is 7.28 Å². The lowest BCUT2D eigenvalue weighted by Gasteiger charge is -2.28. The summed E-state index contributed by atoms with van der Waals surface area (Å²) >= 11 is 0. The molecule has 0 radical (unpaired) electrons. The van der Waals surface area contributed by atoms with Crippen molar-refractivity contribution in [2.24, 2.45) is 0 Å². The molecule has 1 aliphatic rings. The molecule has 0 atom stereocenters. The maximum absolute atomic E-state index is 2.40. The van der Waals surface area contributed by atoms with Crippen molar-refractivity contribution >= 4 is 157 Å². The van der Waals surface area contributed by atoms with Crippen LogP contribution in [0.4, 0.5) is 0 Å². The van der Waals surface area contributed by atoms with Crippen molar-refractivity contribution in [3.8, 4) is 55.6 Å². The van der Waals surface area contributed by atoms with Gasteiger partial charge >= 0.3 is 0 Å². The molecule has 0 spiro atoms. The normalized spacial score (nSPS) is 11.9. The maximum atomic E-state index is 2.40. The van der Waals surface area contributed by atoms with Gasteiger partial charge in [-0.15, -0.1) is 21.9 Å². The standard InChI is InChI=1S/C48H39B9/c49-41-37-35(26-6-2-1-3-7-26)38-40(44(52)48(56)46(54)42(38)50)36(39(37)43(51)47(55)45(41)53)27-16-14-24(15-17-27)23-10-12-25(13-11-23)30-18-19-33-31(21-30)32-20-28-8-4-5-9-29(28)22-34(32)57-33/h1-22,57H,49-56H2. The van der Waals surface area contributed by atoms with E-state index >= 15 is 0 Å². The van der Waals surface area contributed by atoms with E-state index in [1.54, 1.807) is 0 Å². The van der Waals surface area contributed by atoms with E-state index in [2.05, 4.69) is 196 Å². The molecule has 10 rings (SSSR count). The van der Waals surface area contributed by atoms with Crippen molar-refractivity contribution in [2.75, 3.05) is 0 Å². The third-order valence-corrected chi connectivity index (χ3v) is 13.9. The quantitative estimate of drug-likeness (QED) is 0.137. The van der Waals surface area contributed by atoms with Gasteiger partial charge in [-0.1, -0.05) is 154 Å². The van der Waals surface area contributed by atoms with Gasteiger partial charge in [-0.25, -0.2) is 0 Å². The second kappa shape index (κ2) is 13.5. The van der Waals surface area contributed by atoms with E-state index < -0.39 is 0 Å². The van der Waals surface area contributed by atoms with E-state index in [1.807, 2.05) is 0 Å². The van der Waals surface area contributed by atoms with Crippen molar-refractivity contribution in [2.45, 2.75) is 0 Å². The SMILES string of the molecule is Bc1c(B)c(B)c2c(-c3ccc(-c4ccc(-c5ccc6c(c5)-c5cc7ccccc7cc5B6)cc4)cc3)c3c(B)c(B)c(B)c(B)c3c(-c3ccccc3)c2c1B. The zero-order valence-electron chi connectivity index (χ0n) is 34.4. The summed E-state index contributed by atoms with van der Waals surface area (Å²) in [6.07, 6.45) is 0. The van der Waals surface area contributed by atoms with Gasteiger partial charge in [-0.3, -0.25) is 0 Å². The summed E-state index contributed by atoms with van der Waals surface area (Å²) in [6, 6.07) is 50.2. The Balaban J connectivity index is 1.09. The molecule has 0 bridgehead atoms. The lowest BCUT2D eigenvalue weighted by Crippen LogP contribution is -2.50. The van der Waals surface area contributed by atoms with Crippen LogP contribution >= 0.6 is 0 Å². The van der Waals surface area contributed by atoms with E-state index in [-0.39, 0.29) is 0 Å². The van der Waals surface area contributed by atoms with Crippen molar-refractivity contribution in [1.82, 2.24) is 0 Å². The van der Waals surface area contributed by atoms with Crippen LogP contribution in [0.1, 0.15) is 0 Å². The molecule has 9 aromatic rings. The minimum absolute atomic E-state index is 1.00. The Bertz CT molecular complexity index is 3070. The largest absolute Gasteiger partial charge is 0.193 e. The molecule has 0 amide bonds. The second-order valence-electron chi connectivity index (χ2n) is 16.7. The molecule has 0 unspecified atom stereocenters. The van der Waals surface area contributed by atoms with Crippen LogP contribution in [-0.4, -0.2) is 70.0 Å². The molecule has 0 saturated carbocycles. The third-order valence-electron chi connectivity index (χ3n) is 13.9. The van der Waals surface area contributed by atoms with Crippen LogP contribution in [0.2, 0.25) is 0 Å². The highest BCUT2D eigenvalue weighted by atomic mass is 14.2. The smallest absolute Gasteiger partial charge is 0.101 e. The fraction of sp³-hybridized carbons (Fsp3) is 0. The molecule has 1 aliphatic heterocycles. The van der Waals surface area contributed by atoms with Crippen LogP contribution in [0.5, 0.6) is 0 Å². The Morgan fingerprint density at radius 1 is 0.281 bits per heavy atom. The molecule has 57 heavy (non-hydrogen) atoms. The van der Waals surface area contributed by atoms with E-state index in [9.17, 15) is 0 Å². The molecule has 0 N–H and O–H groups in total. The number of benzene rings is 9. The average molecular weight is 713 g/mol. The minimum Gasteiger partial charge on any atom is -0.101 e. The third kappa shape index (κ3) is 5.49. The van der Waals surface area contributed by atoms with Crippen molar-refractivity contribution < 1.29 is 0 Å². The van der Waals surface area contributed by atoms with Gasteiger partial charge in [-0.2, -0.15) is 0 Å². The summed E-state index contributed by atoms with van der Waals surface area (Å²) in [7, 11) is 19.6. The zero-order chi connectivity index (χ0) is 39.3.